The first-order valence-electron chi connectivity index (χ1n) is 6.62. The summed E-state index contributed by atoms with van der Waals surface area (Å²) in [7, 11) is 1.83. The van der Waals surface area contributed by atoms with Crippen molar-refractivity contribution in [1.82, 2.24) is 14.8 Å². The fraction of sp³-hybridized carbons (Fsp3) is 0.500. The van der Waals surface area contributed by atoms with Gasteiger partial charge in [-0.3, -0.25) is 4.68 Å². The van der Waals surface area contributed by atoms with Gasteiger partial charge in [-0.05, 0) is 19.8 Å². The average molecular weight is 277 g/mol. The van der Waals surface area contributed by atoms with E-state index in [0.29, 0.717) is 18.2 Å². The second-order valence-electron chi connectivity index (χ2n) is 4.91. The second-order valence-corrected chi connectivity index (χ2v) is 4.91. The molecule has 6 nitrogen and oxygen atoms in total. The summed E-state index contributed by atoms with van der Waals surface area (Å²) in [6, 6.07) is 0. The highest BCUT2D eigenvalue weighted by Gasteiger charge is 2.25. The van der Waals surface area contributed by atoms with E-state index < -0.39 is 5.97 Å². The molecule has 0 spiro atoms. The monoisotopic (exact) mass is 277 g/mol. The Labute approximate surface area is 117 Å². The number of esters is 1. The third-order valence-electron chi connectivity index (χ3n) is 2.90. The summed E-state index contributed by atoms with van der Waals surface area (Å²) in [6.07, 6.45) is 1.82. The van der Waals surface area contributed by atoms with Crippen LogP contribution in [0.3, 0.4) is 0 Å². The number of rotatable bonds is 4. The predicted molar refractivity (Wildman–Crippen MR) is 73.5 cm³/mol. The van der Waals surface area contributed by atoms with Crippen LogP contribution in [0.25, 0.3) is 11.5 Å². The maximum absolute atomic E-state index is 11.9. The summed E-state index contributed by atoms with van der Waals surface area (Å²) >= 11 is 0. The minimum Gasteiger partial charge on any atom is -0.460 e. The molecule has 2 heterocycles. The van der Waals surface area contributed by atoms with E-state index in [-0.39, 0.29) is 11.7 Å². The Hall–Kier alpha value is -2.11. The van der Waals surface area contributed by atoms with Crippen molar-refractivity contribution in [2.24, 2.45) is 7.05 Å². The third kappa shape index (κ3) is 2.59. The van der Waals surface area contributed by atoms with Crippen molar-refractivity contribution in [1.29, 1.82) is 0 Å². The first-order valence-corrected chi connectivity index (χ1v) is 6.62. The lowest BCUT2D eigenvalue weighted by Crippen LogP contribution is -2.07. The molecule has 0 aromatic carbocycles. The number of carbonyl (C=O) groups is 1. The lowest BCUT2D eigenvalue weighted by Gasteiger charge is -2.02. The van der Waals surface area contributed by atoms with Gasteiger partial charge in [0.25, 0.3) is 0 Å². The molecule has 0 saturated heterocycles. The van der Waals surface area contributed by atoms with Gasteiger partial charge >= 0.3 is 5.97 Å². The van der Waals surface area contributed by atoms with Crippen molar-refractivity contribution < 1.29 is 13.9 Å². The molecule has 0 saturated carbocycles. The number of hydrogen-bond acceptors (Lipinski definition) is 5. The zero-order chi connectivity index (χ0) is 14.9. The Bertz CT molecular complexity index is 626. The Kier molecular flexibility index (Phi) is 3.92. The van der Waals surface area contributed by atoms with E-state index in [9.17, 15) is 4.79 Å². The van der Waals surface area contributed by atoms with Crippen LogP contribution in [-0.4, -0.2) is 27.3 Å². The molecule has 108 valence electrons. The molecule has 0 N–H and O–H groups in total. The van der Waals surface area contributed by atoms with Crippen LogP contribution in [0, 0.1) is 6.92 Å². The molecular formula is C14H19N3O3. The number of oxazole rings is 1. The number of nitrogens with zero attached hydrogens (tertiary/aromatic N) is 3. The van der Waals surface area contributed by atoms with Gasteiger partial charge in [-0.15, -0.1) is 0 Å². The van der Waals surface area contributed by atoms with E-state index in [1.165, 1.54) is 0 Å². The third-order valence-corrected chi connectivity index (χ3v) is 2.90. The van der Waals surface area contributed by atoms with Crippen LogP contribution in [0.5, 0.6) is 0 Å². The predicted octanol–water partition coefficient (Wildman–Crippen LogP) is 2.68. The van der Waals surface area contributed by atoms with E-state index in [2.05, 4.69) is 10.1 Å². The van der Waals surface area contributed by atoms with Gasteiger partial charge in [0, 0.05) is 13.2 Å². The quantitative estimate of drug-likeness (QED) is 0.803. The molecule has 0 aliphatic rings. The zero-order valence-electron chi connectivity index (χ0n) is 12.4. The van der Waals surface area contributed by atoms with Crippen LogP contribution in [0.2, 0.25) is 0 Å². The Morgan fingerprint density at radius 1 is 1.50 bits per heavy atom. The summed E-state index contributed by atoms with van der Waals surface area (Å²) in [5.74, 6) is 0.183. The fourth-order valence-corrected chi connectivity index (χ4v) is 1.99. The highest BCUT2D eigenvalue weighted by Crippen LogP contribution is 2.28. The highest BCUT2D eigenvalue weighted by molar-refractivity contribution is 5.88. The Morgan fingerprint density at radius 3 is 2.70 bits per heavy atom. The zero-order valence-corrected chi connectivity index (χ0v) is 12.4. The standard InChI is InChI=1S/C14H19N3O3/c1-6-19-14(18)12-11(8(2)3)15-13(20-12)10-7-17(5)16-9(10)4/h7-8H,6H2,1-5H3. The lowest BCUT2D eigenvalue weighted by molar-refractivity contribution is 0.0488. The van der Waals surface area contributed by atoms with Crippen molar-refractivity contribution in [2.45, 2.75) is 33.6 Å². The first-order chi connectivity index (χ1) is 9.43. The maximum atomic E-state index is 11.9. The largest absolute Gasteiger partial charge is 0.460 e. The number of aromatic nitrogens is 3. The van der Waals surface area contributed by atoms with E-state index in [1.54, 1.807) is 11.6 Å². The van der Waals surface area contributed by atoms with Crippen LogP contribution in [0.4, 0.5) is 0 Å². The van der Waals surface area contributed by atoms with Crippen LogP contribution in [-0.2, 0) is 11.8 Å². The maximum Gasteiger partial charge on any atom is 0.376 e. The summed E-state index contributed by atoms with van der Waals surface area (Å²) < 4.78 is 12.3. The summed E-state index contributed by atoms with van der Waals surface area (Å²) in [5, 5.41) is 4.25. The summed E-state index contributed by atoms with van der Waals surface area (Å²) in [5.41, 5.74) is 2.20. The number of carbonyl (C=O) groups excluding carboxylic acids is 1. The van der Waals surface area contributed by atoms with Crippen LogP contribution in [0.15, 0.2) is 10.6 Å². The van der Waals surface area contributed by atoms with Gasteiger partial charge in [0.1, 0.15) is 0 Å². The summed E-state index contributed by atoms with van der Waals surface area (Å²) in [4.78, 5) is 16.4. The van der Waals surface area contributed by atoms with E-state index >= 15 is 0 Å². The second kappa shape index (κ2) is 5.48. The first kappa shape index (κ1) is 14.3. The fourth-order valence-electron chi connectivity index (χ4n) is 1.99. The molecule has 2 aromatic heterocycles. The topological polar surface area (TPSA) is 70.2 Å². The molecule has 0 aliphatic carbocycles. The van der Waals surface area contributed by atoms with Crippen LogP contribution >= 0.6 is 0 Å². The molecule has 0 radical (unpaired) electrons. The van der Waals surface area contributed by atoms with Crippen LogP contribution in [0.1, 0.15) is 48.6 Å². The highest BCUT2D eigenvalue weighted by atomic mass is 16.5. The molecule has 0 aliphatic heterocycles. The molecule has 2 rings (SSSR count). The Morgan fingerprint density at radius 2 is 2.20 bits per heavy atom. The number of ether oxygens (including phenoxy) is 1. The molecule has 2 aromatic rings. The van der Waals surface area contributed by atoms with Crippen molar-refractivity contribution in [3.63, 3.8) is 0 Å². The minimum absolute atomic E-state index is 0.0730. The normalized spacial score (nSPS) is 11.1. The number of hydrogen-bond donors (Lipinski definition) is 0. The molecule has 0 unspecified atom stereocenters. The van der Waals surface area contributed by atoms with Crippen molar-refractivity contribution in [3.8, 4) is 11.5 Å². The molecule has 0 amide bonds. The summed E-state index contributed by atoms with van der Waals surface area (Å²) in [6.45, 7) is 7.85. The van der Waals surface area contributed by atoms with Crippen molar-refractivity contribution in [3.05, 3.63) is 23.3 Å². The van der Waals surface area contributed by atoms with E-state index in [0.717, 1.165) is 11.3 Å². The van der Waals surface area contributed by atoms with Gasteiger partial charge in [0.15, 0.2) is 0 Å². The molecule has 20 heavy (non-hydrogen) atoms. The Balaban J connectivity index is 2.49. The van der Waals surface area contributed by atoms with Crippen LogP contribution < -0.4 is 0 Å². The lowest BCUT2D eigenvalue weighted by atomic mass is 10.1. The van der Waals surface area contributed by atoms with Crippen molar-refractivity contribution >= 4 is 5.97 Å². The van der Waals surface area contributed by atoms with Gasteiger partial charge in [-0.1, -0.05) is 13.8 Å². The molecule has 6 heteroatoms. The van der Waals surface area contributed by atoms with Crippen molar-refractivity contribution in [2.75, 3.05) is 6.61 Å². The van der Waals surface area contributed by atoms with Gasteiger partial charge in [0.2, 0.25) is 11.7 Å². The van der Waals surface area contributed by atoms with Gasteiger partial charge in [0.05, 0.1) is 23.6 Å². The number of aryl methyl sites for hydroxylation is 2. The molecule has 0 fully saturated rings. The minimum atomic E-state index is -0.475. The molecular weight excluding hydrogens is 258 g/mol. The SMILES string of the molecule is CCOC(=O)c1oc(-c2cn(C)nc2C)nc1C(C)C. The van der Waals surface area contributed by atoms with Gasteiger partial charge in [-0.25, -0.2) is 9.78 Å². The van der Waals surface area contributed by atoms with E-state index in [1.807, 2.05) is 34.0 Å². The molecule has 0 bridgehead atoms. The molecule has 0 atom stereocenters. The average Bonchev–Trinajstić information content (AvgIpc) is 2.93. The van der Waals surface area contributed by atoms with E-state index in [4.69, 9.17) is 9.15 Å². The van der Waals surface area contributed by atoms with Gasteiger partial charge < -0.3 is 9.15 Å². The van der Waals surface area contributed by atoms with Gasteiger partial charge in [-0.2, -0.15) is 5.10 Å². The smallest absolute Gasteiger partial charge is 0.376 e.